The fraction of sp³-hybridized carbons (Fsp3) is 0.400. The van der Waals surface area contributed by atoms with Gasteiger partial charge in [-0.3, -0.25) is 4.79 Å². The van der Waals surface area contributed by atoms with Crippen LogP contribution in [0.2, 0.25) is 0 Å². The van der Waals surface area contributed by atoms with E-state index in [-0.39, 0.29) is 5.78 Å². The lowest BCUT2D eigenvalue weighted by Gasteiger charge is -2.11. The predicted octanol–water partition coefficient (Wildman–Crippen LogP) is 2.03. The minimum atomic E-state index is 0.155. The van der Waals surface area contributed by atoms with E-state index in [9.17, 15) is 4.79 Å². The van der Waals surface area contributed by atoms with E-state index < -0.39 is 0 Å². The molecule has 0 aromatic carbocycles. The summed E-state index contributed by atoms with van der Waals surface area (Å²) in [5.41, 5.74) is 1.81. The first-order valence-corrected chi connectivity index (χ1v) is 4.48. The number of hydrogen-bond acceptors (Lipinski definition) is 2. The summed E-state index contributed by atoms with van der Waals surface area (Å²) in [5.74, 6) is 0.554. The van der Waals surface area contributed by atoms with Crippen molar-refractivity contribution in [2.75, 3.05) is 0 Å². The molecule has 0 fully saturated rings. The van der Waals surface area contributed by atoms with Gasteiger partial charge >= 0.3 is 0 Å². The topological polar surface area (TPSA) is 34.4 Å². The number of fused-ring (bicyclic) bond motifs is 1. The Bertz CT molecular complexity index is 374. The fourth-order valence-electron chi connectivity index (χ4n) is 1.53. The smallest absolute Gasteiger partial charge is 0.186 e. The zero-order valence-electron chi connectivity index (χ0n) is 7.82. The molecule has 0 spiro atoms. The lowest BCUT2D eigenvalue weighted by atomic mass is 10.1. The number of ketones is 1. The normalized spacial score (nSPS) is 15.2. The Hall–Kier alpha value is -1.38. The molecule has 0 unspecified atom stereocenters. The van der Waals surface area contributed by atoms with Gasteiger partial charge in [0, 0.05) is 18.3 Å². The second-order valence-electron chi connectivity index (χ2n) is 3.54. The van der Waals surface area contributed by atoms with Gasteiger partial charge in [-0.05, 0) is 18.1 Å². The molecule has 68 valence electrons. The molecule has 0 amide bonds. The third-order valence-electron chi connectivity index (χ3n) is 2.24. The monoisotopic (exact) mass is 176 g/mol. The van der Waals surface area contributed by atoms with Gasteiger partial charge in [0.25, 0.3) is 0 Å². The third-order valence-corrected chi connectivity index (χ3v) is 2.24. The maximum Gasteiger partial charge on any atom is 0.186 e. The van der Waals surface area contributed by atoms with Crippen molar-refractivity contribution in [3.8, 4) is 0 Å². The Morgan fingerprint density at radius 3 is 2.92 bits per heavy atom. The molecule has 2 heterocycles. The first-order valence-electron chi connectivity index (χ1n) is 4.48. The van der Waals surface area contributed by atoms with Gasteiger partial charge < -0.3 is 0 Å². The first kappa shape index (κ1) is 8.23. The number of carbonyl (C=O) groups is 1. The second-order valence-corrected chi connectivity index (χ2v) is 3.54. The molecule has 1 aromatic heterocycles. The zero-order valence-corrected chi connectivity index (χ0v) is 7.82. The number of carbonyl (C=O) groups excluding carboxylic acids is 1. The third kappa shape index (κ3) is 1.20. The van der Waals surface area contributed by atoms with Gasteiger partial charge in [-0.25, -0.2) is 4.68 Å². The molecule has 3 heteroatoms. The summed E-state index contributed by atoms with van der Waals surface area (Å²) in [4.78, 5) is 11.4. The Balaban J connectivity index is 2.55. The van der Waals surface area contributed by atoms with Gasteiger partial charge in [-0.1, -0.05) is 13.8 Å². The molecular weight excluding hydrogens is 164 g/mol. The number of Topliss-reactive ketones (excluding diaryl/α,β-unsaturated/α-hetero) is 1. The minimum absolute atomic E-state index is 0.155. The van der Waals surface area contributed by atoms with Crippen molar-refractivity contribution in [1.82, 2.24) is 4.68 Å². The van der Waals surface area contributed by atoms with E-state index in [1.165, 1.54) is 0 Å². The minimum Gasteiger partial charge on any atom is -0.292 e. The average molecular weight is 176 g/mol. The number of rotatable bonds is 1. The van der Waals surface area contributed by atoms with Crippen molar-refractivity contribution in [1.29, 1.82) is 0 Å². The molecule has 0 N–H and O–H groups in total. The van der Waals surface area contributed by atoms with Crippen LogP contribution in [0.15, 0.2) is 17.2 Å². The van der Waals surface area contributed by atoms with E-state index in [1.54, 1.807) is 10.9 Å². The van der Waals surface area contributed by atoms with Crippen LogP contribution < -0.4 is 0 Å². The summed E-state index contributed by atoms with van der Waals surface area (Å²) in [6.45, 7) is 4.19. The van der Waals surface area contributed by atoms with E-state index in [4.69, 9.17) is 0 Å². The summed E-state index contributed by atoms with van der Waals surface area (Å²) < 4.78 is 1.75. The molecule has 0 radical (unpaired) electrons. The van der Waals surface area contributed by atoms with E-state index >= 15 is 0 Å². The van der Waals surface area contributed by atoms with Gasteiger partial charge in [0.2, 0.25) is 0 Å². The van der Waals surface area contributed by atoms with Crippen LogP contribution in [0.3, 0.4) is 0 Å². The lowest BCUT2D eigenvalue weighted by Crippen LogP contribution is -2.13. The summed E-state index contributed by atoms with van der Waals surface area (Å²) in [5, 5.41) is 4.20. The second kappa shape index (κ2) is 2.83. The van der Waals surface area contributed by atoms with E-state index in [1.807, 2.05) is 12.1 Å². The van der Waals surface area contributed by atoms with Crippen LogP contribution in [-0.2, 0) is 0 Å². The van der Waals surface area contributed by atoms with Crippen molar-refractivity contribution in [2.24, 2.45) is 5.10 Å². The lowest BCUT2D eigenvalue weighted by molar-refractivity contribution is 0.0990. The van der Waals surface area contributed by atoms with Gasteiger partial charge in [-0.15, -0.1) is 0 Å². The molecule has 3 nitrogen and oxygen atoms in total. The Morgan fingerprint density at radius 1 is 1.46 bits per heavy atom. The quantitative estimate of drug-likeness (QED) is 0.644. The molecule has 0 saturated heterocycles. The van der Waals surface area contributed by atoms with E-state index in [2.05, 4.69) is 18.9 Å². The highest BCUT2D eigenvalue weighted by atomic mass is 16.1. The molecule has 0 saturated carbocycles. The molecule has 2 rings (SSSR count). The van der Waals surface area contributed by atoms with E-state index in [0.29, 0.717) is 18.0 Å². The van der Waals surface area contributed by atoms with Crippen LogP contribution >= 0.6 is 0 Å². The molecule has 1 aromatic rings. The highest BCUT2D eigenvalue weighted by molar-refractivity contribution is 6.04. The van der Waals surface area contributed by atoms with Crippen molar-refractivity contribution in [2.45, 2.75) is 26.2 Å². The number of nitrogens with zero attached hydrogens (tertiary/aromatic N) is 2. The Labute approximate surface area is 77.1 Å². The molecular formula is C10H12N2O. The largest absolute Gasteiger partial charge is 0.292 e. The molecule has 0 aliphatic carbocycles. The van der Waals surface area contributed by atoms with Crippen LogP contribution in [0.25, 0.3) is 0 Å². The summed E-state index contributed by atoms with van der Waals surface area (Å²) in [7, 11) is 0. The Morgan fingerprint density at radius 2 is 2.23 bits per heavy atom. The SMILES string of the molecule is CC(C)c1ccc2n1N=CCC2=O. The zero-order chi connectivity index (χ0) is 9.42. The summed E-state index contributed by atoms with van der Waals surface area (Å²) in [6.07, 6.45) is 2.10. The maximum atomic E-state index is 11.4. The standard InChI is InChI=1S/C10H12N2O/c1-7(2)8-3-4-9-10(13)5-6-11-12(8)9/h3-4,6-7H,5H2,1-2H3. The number of aromatic nitrogens is 1. The molecule has 0 bridgehead atoms. The Kier molecular flexibility index (Phi) is 1.79. The van der Waals surface area contributed by atoms with Crippen LogP contribution in [0.5, 0.6) is 0 Å². The average Bonchev–Trinajstić information content (AvgIpc) is 2.48. The first-order chi connectivity index (χ1) is 6.20. The summed E-state index contributed by atoms with van der Waals surface area (Å²) >= 11 is 0. The van der Waals surface area contributed by atoms with Crippen LogP contribution in [0.1, 0.15) is 42.4 Å². The van der Waals surface area contributed by atoms with E-state index in [0.717, 1.165) is 5.69 Å². The fourth-order valence-corrected chi connectivity index (χ4v) is 1.53. The molecule has 13 heavy (non-hydrogen) atoms. The van der Waals surface area contributed by atoms with Gasteiger partial charge in [0.05, 0.1) is 0 Å². The predicted molar refractivity (Wildman–Crippen MR) is 51.4 cm³/mol. The van der Waals surface area contributed by atoms with Crippen LogP contribution in [0, 0.1) is 0 Å². The highest BCUT2D eigenvalue weighted by Gasteiger charge is 2.18. The van der Waals surface area contributed by atoms with Crippen LogP contribution in [-0.4, -0.2) is 16.7 Å². The molecule has 1 aliphatic rings. The van der Waals surface area contributed by atoms with Gasteiger partial charge in [-0.2, -0.15) is 5.10 Å². The van der Waals surface area contributed by atoms with Crippen molar-refractivity contribution in [3.63, 3.8) is 0 Å². The molecule has 1 aliphatic heterocycles. The molecule has 0 atom stereocenters. The number of hydrogen-bond donors (Lipinski definition) is 0. The summed E-state index contributed by atoms with van der Waals surface area (Å²) in [6, 6.07) is 3.83. The van der Waals surface area contributed by atoms with Gasteiger partial charge in [0.15, 0.2) is 5.78 Å². The maximum absolute atomic E-state index is 11.4. The van der Waals surface area contributed by atoms with Gasteiger partial charge in [0.1, 0.15) is 5.69 Å². The van der Waals surface area contributed by atoms with Crippen molar-refractivity contribution in [3.05, 3.63) is 23.5 Å². The van der Waals surface area contributed by atoms with Crippen molar-refractivity contribution < 1.29 is 4.79 Å². The highest BCUT2D eigenvalue weighted by Crippen LogP contribution is 2.20. The van der Waals surface area contributed by atoms with Crippen LogP contribution in [0.4, 0.5) is 0 Å². The van der Waals surface area contributed by atoms with Crippen molar-refractivity contribution >= 4 is 12.0 Å².